The van der Waals surface area contributed by atoms with Crippen molar-refractivity contribution < 1.29 is 9.90 Å². The smallest absolute Gasteiger partial charge is 0.404 e. The second-order valence-corrected chi connectivity index (χ2v) is 3.13. The van der Waals surface area contributed by atoms with Crippen LogP contribution in [0.25, 0.3) is 0 Å². The van der Waals surface area contributed by atoms with Gasteiger partial charge in [0.1, 0.15) is 0 Å². The third kappa shape index (κ3) is 2.74. The first-order chi connectivity index (χ1) is 6.63. The summed E-state index contributed by atoms with van der Waals surface area (Å²) in [4.78, 5) is 10.3. The van der Waals surface area contributed by atoms with E-state index in [2.05, 4.69) is 5.32 Å². The maximum Gasteiger partial charge on any atom is 0.404 e. The predicted molar refractivity (Wildman–Crippen MR) is 53.9 cm³/mol. The van der Waals surface area contributed by atoms with Crippen molar-refractivity contribution in [2.45, 2.75) is 20.0 Å². The van der Waals surface area contributed by atoms with Crippen LogP contribution in [0.15, 0.2) is 18.2 Å². The van der Waals surface area contributed by atoms with Crippen LogP contribution in [0, 0.1) is 6.92 Å². The predicted octanol–water partition coefficient (Wildman–Crippen LogP) is 1.22. The van der Waals surface area contributed by atoms with E-state index in [4.69, 9.17) is 10.8 Å². The van der Waals surface area contributed by atoms with Gasteiger partial charge in [0, 0.05) is 13.1 Å². The second kappa shape index (κ2) is 4.62. The molecular weight excluding hydrogens is 180 g/mol. The molecule has 76 valence electrons. The van der Waals surface area contributed by atoms with E-state index in [0.717, 1.165) is 16.7 Å². The van der Waals surface area contributed by atoms with Crippen molar-refractivity contribution in [2.75, 3.05) is 0 Å². The van der Waals surface area contributed by atoms with Crippen LogP contribution < -0.4 is 11.1 Å². The van der Waals surface area contributed by atoms with Gasteiger partial charge in [-0.15, -0.1) is 0 Å². The molecule has 0 aliphatic carbocycles. The summed E-state index contributed by atoms with van der Waals surface area (Å²) >= 11 is 0. The Balaban J connectivity index is 2.80. The highest BCUT2D eigenvalue weighted by Gasteiger charge is 2.02. The summed E-state index contributed by atoms with van der Waals surface area (Å²) < 4.78 is 0. The number of hydrogen-bond donors (Lipinski definition) is 3. The van der Waals surface area contributed by atoms with Gasteiger partial charge in [-0.2, -0.15) is 0 Å². The van der Waals surface area contributed by atoms with Gasteiger partial charge in [-0.05, 0) is 18.1 Å². The molecule has 1 aromatic carbocycles. The number of nitrogens with two attached hydrogens (primary N) is 1. The molecule has 0 unspecified atom stereocenters. The number of aryl methyl sites for hydroxylation is 1. The Labute approximate surface area is 82.7 Å². The van der Waals surface area contributed by atoms with Gasteiger partial charge < -0.3 is 16.2 Å². The van der Waals surface area contributed by atoms with E-state index in [1.54, 1.807) is 0 Å². The van der Waals surface area contributed by atoms with Crippen molar-refractivity contribution in [2.24, 2.45) is 5.73 Å². The van der Waals surface area contributed by atoms with Crippen LogP contribution in [0.4, 0.5) is 4.79 Å². The lowest BCUT2D eigenvalue weighted by atomic mass is 10.0. The Hall–Kier alpha value is -1.55. The van der Waals surface area contributed by atoms with E-state index in [1.165, 1.54) is 0 Å². The molecule has 0 aliphatic rings. The Morgan fingerprint density at radius 1 is 1.50 bits per heavy atom. The molecule has 4 heteroatoms. The third-order valence-electron chi connectivity index (χ3n) is 2.01. The van der Waals surface area contributed by atoms with E-state index in [-0.39, 0.29) is 0 Å². The number of nitrogens with one attached hydrogen (secondary N) is 1. The molecule has 0 aliphatic heterocycles. The number of carboxylic acid groups (broad SMARTS) is 1. The van der Waals surface area contributed by atoms with Gasteiger partial charge in [0.2, 0.25) is 0 Å². The first-order valence-corrected chi connectivity index (χ1v) is 4.38. The van der Waals surface area contributed by atoms with Gasteiger partial charge in [0.25, 0.3) is 0 Å². The zero-order valence-corrected chi connectivity index (χ0v) is 8.08. The average Bonchev–Trinajstić information content (AvgIpc) is 2.15. The van der Waals surface area contributed by atoms with Crippen LogP contribution in [0.3, 0.4) is 0 Å². The molecule has 4 nitrogen and oxygen atoms in total. The number of carbonyl (C=O) groups is 1. The minimum Gasteiger partial charge on any atom is -0.465 e. The van der Waals surface area contributed by atoms with Gasteiger partial charge in [-0.25, -0.2) is 4.79 Å². The lowest BCUT2D eigenvalue weighted by molar-refractivity contribution is 0.194. The van der Waals surface area contributed by atoms with Gasteiger partial charge in [0.05, 0.1) is 0 Å². The van der Waals surface area contributed by atoms with E-state index in [0.29, 0.717) is 13.1 Å². The normalized spacial score (nSPS) is 9.86. The summed E-state index contributed by atoms with van der Waals surface area (Å²) in [5, 5.41) is 10.8. The zero-order valence-electron chi connectivity index (χ0n) is 8.08. The van der Waals surface area contributed by atoms with Gasteiger partial charge in [-0.1, -0.05) is 23.8 Å². The van der Waals surface area contributed by atoms with Gasteiger partial charge >= 0.3 is 6.09 Å². The van der Waals surface area contributed by atoms with E-state index in [1.807, 2.05) is 25.1 Å². The topological polar surface area (TPSA) is 75.3 Å². The van der Waals surface area contributed by atoms with Gasteiger partial charge in [-0.3, -0.25) is 0 Å². The van der Waals surface area contributed by atoms with Crippen LogP contribution in [-0.2, 0) is 13.1 Å². The fraction of sp³-hybridized carbons (Fsp3) is 0.300. The minimum absolute atomic E-state index is 0.308. The first kappa shape index (κ1) is 10.5. The number of rotatable bonds is 3. The lowest BCUT2D eigenvalue weighted by Crippen LogP contribution is -2.21. The summed E-state index contributed by atoms with van der Waals surface area (Å²) in [5.74, 6) is 0. The molecule has 14 heavy (non-hydrogen) atoms. The molecule has 0 aromatic heterocycles. The summed E-state index contributed by atoms with van der Waals surface area (Å²) in [7, 11) is 0. The number of benzene rings is 1. The zero-order chi connectivity index (χ0) is 10.6. The molecule has 0 radical (unpaired) electrons. The van der Waals surface area contributed by atoms with Crippen LogP contribution >= 0.6 is 0 Å². The highest BCUT2D eigenvalue weighted by molar-refractivity contribution is 5.64. The monoisotopic (exact) mass is 194 g/mol. The highest BCUT2D eigenvalue weighted by atomic mass is 16.4. The third-order valence-corrected chi connectivity index (χ3v) is 2.01. The first-order valence-electron chi connectivity index (χ1n) is 4.38. The van der Waals surface area contributed by atoms with Gasteiger partial charge in [0.15, 0.2) is 0 Å². The quantitative estimate of drug-likeness (QED) is 0.677. The molecule has 0 atom stereocenters. The van der Waals surface area contributed by atoms with E-state index < -0.39 is 6.09 Å². The molecule has 4 N–H and O–H groups in total. The van der Waals surface area contributed by atoms with Crippen molar-refractivity contribution in [3.63, 3.8) is 0 Å². The van der Waals surface area contributed by atoms with Crippen LogP contribution in [0.1, 0.15) is 16.7 Å². The lowest BCUT2D eigenvalue weighted by Gasteiger charge is -2.08. The second-order valence-electron chi connectivity index (χ2n) is 3.13. The Morgan fingerprint density at radius 3 is 2.79 bits per heavy atom. The Bertz CT molecular complexity index is 337. The summed E-state index contributed by atoms with van der Waals surface area (Å²) in [6.45, 7) is 2.72. The SMILES string of the molecule is Cc1ccc(CNC(=O)O)c(CN)c1. The standard InChI is InChI=1S/C10H14N2O2/c1-7-2-3-8(6-12-10(13)14)9(4-7)5-11/h2-4,12H,5-6,11H2,1H3,(H,13,14). The average molecular weight is 194 g/mol. The molecule has 0 bridgehead atoms. The fourth-order valence-corrected chi connectivity index (χ4v) is 1.29. The van der Waals surface area contributed by atoms with Crippen molar-refractivity contribution in [1.82, 2.24) is 5.32 Å². The van der Waals surface area contributed by atoms with E-state index >= 15 is 0 Å². The number of amides is 1. The largest absolute Gasteiger partial charge is 0.465 e. The van der Waals surface area contributed by atoms with E-state index in [9.17, 15) is 4.79 Å². The Morgan fingerprint density at radius 2 is 2.21 bits per heavy atom. The minimum atomic E-state index is -1.02. The Kier molecular flexibility index (Phi) is 3.48. The molecule has 0 heterocycles. The summed E-state index contributed by atoms with van der Waals surface area (Å²) in [6.07, 6.45) is -1.02. The molecule has 0 fully saturated rings. The maximum atomic E-state index is 10.3. The highest BCUT2D eigenvalue weighted by Crippen LogP contribution is 2.10. The van der Waals surface area contributed by atoms with Crippen molar-refractivity contribution in [1.29, 1.82) is 0 Å². The van der Waals surface area contributed by atoms with Crippen LogP contribution in [0.2, 0.25) is 0 Å². The molecule has 0 spiro atoms. The molecule has 1 aromatic rings. The number of hydrogen-bond acceptors (Lipinski definition) is 2. The molecule has 1 amide bonds. The van der Waals surface area contributed by atoms with Crippen molar-refractivity contribution >= 4 is 6.09 Å². The molecule has 0 saturated carbocycles. The summed E-state index contributed by atoms with van der Waals surface area (Å²) in [6, 6.07) is 5.81. The van der Waals surface area contributed by atoms with Crippen molar-refractivity contribution in [3.05, 3.63) is 34.9 Å². The molecule has 1 rings (SSSR count). The molecular formula is C10H14N2O2. The fourth-order valence-electron chi connectivity index (χ4n) is 1.29. The summed E-state index contributed by atoms with van der Waals surface area (Å²) in [5.41, 5.74) is 8.60. The van der Waals surface area contributed by atoms with Crippen molar-refractivity contribution in [3.8, 4) is 0 Å². The molecule has 0 saturated heterocycles. The maximum absolute atomic E-state index is 10.3. The van der Waals surface area contributed by atoms with Crippen LogP contribution in [-0.4, -0.2) is 11.2 Å². The van der Waals surface area contributed by atoms with Crippen LogP contribution in [0.5, 0.6) is 0 Å².